The second-order valence-electron chi connectivity index (χ2n) is 10.2. The number of thiocarbonyl (C=S) groups is 1. The van der Waals surface area contributed by atoms with Gasteiger partial charge in [0.15, 0.2) is 11.6 Å². The summed E-state index contributed by atoms with van der Waals surface area (Å²) in [4.78, 5) is 18.5. The predicted octanol–water partition coefficient (Wildman–Crippen LogP) is 7.98. The molecule has 2 aromatic heterocycles. The quantitative estimate of drug-likeness (QED) is 0.101. The zero-order chi connectivity index (χ0) is 32.2. The molecule has 11 heteroatoms. The standard InChI is InChI=1S/C34H30F2N2O2S2.O2S/c1-2-13-37-21-24-4-3-5-25(15-24)33-20-30-34(42-33)32(12-14-38-30)40-31-11-8-23(18-29(31)36)17-28(41)19-27(39)16-22-6-9-26(35)10-7-22;1-3-2/h3-12,14-15,18,20,37H,2,13,16-17,19,21H2,1H3;. The van der Waals surface area contributed by atoms with Crippen molar-refractivity contribution in [3.8, 4) is 21.9 Å². The molecule has 0 atom stereocenters. The third-order valence-corrected chi connectivity index (χ3v) is 8.15. The first-order valence-corrected chi connectivity index (χ1v) is 16.0. The predicted molar refractivity (Wildman–Crippen MR) is 178 cm³/mol. The van der Waals surface area contributed by atoms with Crippen LogP contribution in [0.15, 0.2) is 85.1 Å². The molecule has 0 bridgehead atoms. The van der Waals surface area contributed by atoms with Crippen LogP contribution in [0.25, 0.3) is 20.7 Å². The Morgan fingerprint density at radius 2 is 1.69 bits per heavy atom. The number of rotatable bonds is 13. The molecule has 5 aromatic rings. The van der Waals surface area contributed by atoms with Crippen molar-refractivity contribution >= 4 is 56.0 Å². The first-order chi connectivity index (χ1) is 21.8. The lowest BCUT2D eigenvalue weighted by Gasteiger charge is -2.10. The Hall–Kier alpha value is -4.03. The average Bonchev–Trinajstić information content (AvgIpc) is 3.46. The van der Waals surface area contributed by atoms with E-state index in [9.17, 15) is 9.18 Å². The average molecular weight is 665 g/mol. The summed E-state index contributed by atoms with van der Waals surface area (Å²) < 4.78 is 51.7. The van der Waals surface area contributed by atoms with Crippen molar-refractivity contribution < 1.29 is 26.7 Å². The Balaban J connectivity index is 0.00000148. The number of nitrogens with zero attached hydrogens (tertiary/aromatic N) is 1. The fraction of sp³-hybridized carbons (Fsp3) is 0.206. The van der Waals surface area contributed by atoms with Crippen LogP contribution in [0.5, 0.6) is 11.5 Å². The van der Waals surface area contributed by atoms with Gasteiger partial charge in [0.2, 0.25) is 0 Å². The maximum absolute atomic E-state index is 15.1. The highest BCUT2D eigenvalue weighted by Gasteiger charge is 2.15. The van der Waals surface area contributed by atoms with Crippen LogP contribution in [0.1, 0.15) is 36.5 Å². The fourth-order valence-corrected chi connectivity index (χ4v) is 6.03. The topological polar surface area (TPSA) is 85.4 Å². The number of ketones is 1. The maximum Gasteiger partial charge on any atom is 0.335 e. The summed E-state index contributed by atoms with van der Waals surface area (Å²) in [7, 11) is 0. The molecule has 0 unspecified atom stereocenters. The van der Waals surface area contributed by atoms with E-state index < -0.39 is 17.4 Å². The van der Waals surface area contributed by atoms with E-state index in [-0.39, 0.29) is 30.2 Å². The lowest BCUT2D eigenvalue weighted by molar-refractivity contribution is -0.117. The molecule has 0 aliphatic rings. The fourth-order valence-electron chi connectivity index (χ4n) is 4.64. The summed E-state index contributed by atoms with van der Waals surface area (Å²) in [5.41, 5.74) is 4.48. The first kappa shape index (κ1) is 33.9. The number of ether oxygens (including phenoxy) is 1. The molecule has 0 fully saturated rings. The van der Waals surface area contributed by atoms with Gasteiger partial charge in [0, 0.05) is 47.8 Å². The molecule has 0 amide bonds. The van der Waals surface area contributed by atoms with Gasteiger partial charge in [-0.3, -0.25) is 9.78 Å². The van der Waals surface area contributed by atoms with Crippen molar-refractivity contribution in [2.75, 3.05) is 6.54 Å². The number of aromatic nitrogens is 1. The van der Waals surface area contributed by atoms with E-state index in [2.05, 4.69) is 41.5 Å². The summed E-state index contributed by atoms with van der Waals surface area (Å²) in [5, 5.41) is 3.43. The Morgan fingerprint density at radius 1 is 0.933 bits per heavy atom. The van der Waals surface area contributed by atoms with Crippen molar-refractivity contribution in [2.24, 2.45) is 0 Å². The van der Waals surface area contributed by atoms with Gasteiger partial charge in [0.05, 0.1) is 10.2 Å². The van der Waals surface area contributed by atoms with Crippen molar-refractivity contribution in [1.82, 2.24) is 10.3 Å². The van der Waals surface area contributed by atoms with Crippen LogP contribution in [0, 0.1) is 11.6 Å². The van der Waals surface area contributed by atoms with Gasteiger partial charge >= 0.3 is 11.6 Å². The highest BCUT2D eigenvalue weighted by molar-refractivity contribution is 7.80. The molecule has 0 aliphatic heterocycles. The van der Waals surface area contributed by atoms with Gasteiger partial charge < -0.3 is 10.1 Å². The minimum Gasteiger partial charge on any atom is -0.453 e. The summed E-state index contributed by atoms with van der Waals surface area (Å²) >= 11 is 6.23. The first-order valence-electron chi connectivity index (χ1n) is 14.1. The van der Waals surface area contributed by atoms with Crippen LogP contribution in [0.4, 0.5) is 8.78 Å². The number of carbonyl (C=O) groups is 1. The second-order valence-corrected chi connectivity index (χ2v) is 11.9. The number of hydrogen-bond acceptors (Lipinski definition) is 8. The van der Waals surface area contributed by atoms with E-state index in [0.717, 1.165) is 45.7 Å². The maximum atomic E-state index is 15.1. The summed E-state index contributed by atoms with van der Waals surface area (Å²) in [6.45, 7) is 3.93. The smallest absolute Gasteiger partial charge is 0.335 e. The Labute approximate surface area is 273 Å². The molecule has 3 aromatic carbocycles. The van der Waals surface area contributed by atoms with Gasteiger partial charge in [-0.15, -0.1) is 11.3 Å². The van der Waals surface area contributed by atoms with Crippen molar-refractivity contribution in [3.05, 3.63) is 113 Å². The second kappa shape index (κ2) is 16.9. The van der Waals surface area contributed by atoms with E-state index in [1.807, 2.05) is 6.07 Å². The van der Waals surface area contributed by atoms with Crippen LogP contribution in [-0.2, 0) is 35.8 Å². The molecule has 0 saturated heterocycles. The van der Waals surface area contributed by atoms with E-state index >= 15 is 4.39 Å². The molecule has 1 N–H and O–H groups in total. The number of carbonyl (C=O) groups excluding carboxylic acids is 1. The van der Waals surface area contributed by atoms with Crippen LogP contribution in [0.3, 0.4) is 0 Å². The molecule has 0 saturated carbocycles. The van der Waals surface area contributed by atoms with Gasteiger partial charge in [0.1, 0.15) is 17.3 Å². The largest absolute Gasteiger partial charge is 0.453 e. The number of halogens is 2. The Bertz CT molecular complexity index is 1820. The third kappa shape index (κ3) is 9.98. The minimum absolute atomic E-state index is 0.0658. The molecular weight excluding hydrogens is 635 g/mol. The van der Waals surface area contributed by atoms with Gasteiger partial charge in [-0.1, -0.05) is 55.5 Å². The van der Waals surface area contributed by atoms with Crippen LogP contribution in [-0.4, -0.2) is 30.6 Å². The zero-order valence-electron chi connectivity index (χ0n) is 24.4. The van der Waals surface area contributed by atoms with Gasteiger partial charge in [-0.05, 0) is 71.6 Å². The number of Topliss-reactive ketones (excluding diaryl/α,β-unsaturated/α-hetero) is 1. The number of fused-ring (bicyclic) bond motifs is 1. The molecule has 45 heavy (non-hydrogen) atoms. The number of pyridine rings is 1. The van der Waals surface area contributed by atoms with E-state index in [1.54, 1.807) is 47.9 Å². The summed E-state index contributed by atoms with van der Waals surface area (Å²) in [6, 6.07) is 22.7. The molecule has 0 radical (unpaired) electrons. The third-order valence-electron chi connectivity index (χ3n) is 6.67. The van der Waals surface area contributed by atoms with Crippen molar-refractivity contribution in [1.29, 1.82) is 0 Å². The monoisotopic (exact) mass is 664 g/mol. The van der Waals surface area contributed by atoms with Gasteiger partial charge in [-0.2, -0.15) is 8.42 Å². The van der Waals surface area contributed by atoms with Gasteiger partial charge in [-0.25, -0.2) is 8.78 Å². The van der Waals surface area contributed by atoms with Crippen LogP contribution in [0.2, 0.25) is 0 Å². The normalized spacial score (nSPS) is 10.6. The molecular formula is C34H30F2N2O4S3. The summed E-state index contributed by atoms with van der Waals surface area (Å²) in [6.07, 6.45) is 3.31. The lowest BCUT2D eigenvalue weighted by Crippen LogP contribution is -2.13. The van der Waals surface area contributed by atoms with Gasteiger partial charge in [0.25, 0.3) is 0 Å². The summed E-state index contributed by atoms with van der Waals surface area (Å²) in [5.74, 6) is -0.290. The number of benzene rings is 3. The zero-order valence-corrected chi connectivity index (χ0v) is 26.8. The lowest BCUT2D eigenvalue weighted by atomic mass is 10.0. The van der Waals surface area contributed by atoms with E-state index in [1.165, 1.54) is 23.8 Å². The highest BCUT2D eigenvalue weighted by atomic mass is 32.1. The molecule has 232 valence electrons. The van der Waals surface area contributed by atoms with Crippen LogP contribution < -0.4 is 10.1 Å². The number of nitrogens with one attached hydrogen (secondary N) is 1. The molecule has 6 nitrogen and oxygen atoms in total. The molecule has 5 rings (SSSR count). The molecule has 0 spiro atoms. The minimum atomic E-state index is -0.750. The Kier molecular flexibility index (Phi) is 12.7. The van der Waals surface area contributed by atoms with Crippen molar-refractivity contribution in [2.45, 2.75) is 39.2 Å². The van der Waals surface area contributed by atoms with Crippen LogP contribution >= 0.6 is 23.6 Å². The van der Waals surface area contributed by atoms with E-state index in [4.69, 9.17) is 25.4 Å². The number of hydrogen-bond donors (Lipinski definition) is 1. The van der Waals surface area contributed by atoms with Crippen molar-refractivity contribution in [3.63, 3.8) is 0 Å². The molecule has 2 heterocycles. The van der Waals surface area contributed by atoms with E-state index in [0.29, 0.717) is 22.6 Å². The molecule has 0 aliphatic carbocycles. The SMILES string of the molecule is CCCNCc1cccc(-c2cc3nccc(Oc4ccc(CC(=S)CC(=O)Cc5ccc(F)cc5)cc4F)c3s2)c1.O=S=O. The Morgan fingerprint density at radius 3 is 2.42 bits per heavy atom. The number of thiophene rings is 1. The highest BCUT2D eigenvalue weighted by Crippen LogP contribution is 2.39.